The van der Waals surface area contributed by atoms with Gasteiger partial charge in [0.05, 0.1) is 0 Å². The van der Waals surface area contributed by atoms with Crippen LogP contribution in [-0.2, 0) is 0 Å². The average Bonchev–Trinajstić information content (AvgIpc) is 2.98. The van der Waals surface area contributed by atoms with Gasteiger partial charge in [0, 0.05) is 23.0 Å². The summed E-state index contributed by atoms with van der Waals surface area (Å²) in [6.07, 6.45) is 2.01. The normalized spacial score (nSPS) is 13.1. The molecule has 80 valence electrons. The minimum atomic E-state index is 0.134. The minimum Gasteiger partial charge on any atom is -0.361 e. The van der Waals surface area contributed by atoms with E-state index in [1.54, 1.807) is 0 Å². The van der Waals surface area contributed by atoms with Crippen LogP contribution in [0, 0.1) is 0 Å². The molecule has 0 aliphatic heterocycles. The number of nitrogens with zero attached hydrogens (tertiary/aromatic N) is 3. The number of rotatable bonds is 2. The Morgan fingerprint density at radius 2 is 2.12 bits per heavy atom. The predicted octanol–water partition coefficient (Wildman–Crippen LogP) is 1.83. The number of H-pyrrole nitrogens is 2. The lowest BCUT2D eigenvalue weighted by Gasteiger charge is -2.04. The molecule has 0 saturated carbocycles. The third kappa shape index (κ3) is 1.29. The first kappa shape index (κ1) is 9.08. The Morgan fingerprint density at radius 1 is 1.25 bits per heavy atom. The summed E-state index contributed by atoms with van der Waals surface area (Å²) in [6.45, 7) is 2.07. The highest BCUT2D eigenvalue weighted by molar-refractivity contribution is 5.83. The lowest BCUT2D eigenvalue weighted by atomic mass is 10.0. The Hall–Kier alpha value is -2.17. The van der Waals surface area contributed by atoms with E-state index in [2.05, 4.69) is 44.7 Å². The summed E-state index contributed by atoms with van der Waals surface area (Å²) in [7, 11) is 0. The Labute approximate surface area is 91.9 Å². The van der Waals surface area contributed by atoms with Crippen LogP contribution in [0.4, 0.5) is 0 Å². The van der Waals surface area contributed by atoms with Crippen molar-refractivity contribution in [2.45, 2.75) is 12.8 Å². The maximum atomic E-state index is 4.02. The van der Waals surface area contributed by atoms with Gasteiger partial charge < -0.3 is 4.98 Å². The molecule has 2 N–H and O–H groups in total. The van der Waals surface area contributed by atoms with Crippen molar-refractivity contribution < 1.29 is 0 Å². The number of aromatic amines is 2. The maximum Gasteiger partial charge on any atom is 0.181 e. The molecule has 3 rings (SSSR count). The van der Waals surface area contributed by atoms with Crippen LogP contribution in [0.1, 0.15) is 24.2 Å². The van der Waals surface area contributed by atoms with Crippen LogP contribution in [0.2, 0.25) is 0 Å². The van der Waals surface area contributed by atoms with Gasteiger partial charge >= 0.3 is 0 Å². The Bertz CT molecular complexity index is 596. The van der Waals surface area contributed by atoms with Gasteiger partial charge in [0.25, 0.3) is 0 Å². The molecule has 0 bridgehead atoms. The molecule has 1 unspecified atom stereocenters. The molecule has 0 amide bonds. The monoisotopic (exact) mass is 213 g/mol. The van der Waals surface area contributed by atoms with E-state index in [4.69, 9.17) is 0 Å². The van der Waals surface area contributed by atoms with Crippen LogP contribution in [0.15, 0.2) is 30.5 Å². The van der Waals surface area contributed by atoms with Gasteiger partial charge in [-0.1, -0.05) is 30.3 Å². The van der Waals surface area contributed by atoms with Crippen molar-refractivity contribution in [2.24, 2.45) is 0 Å². The molecule has 5 heteroatoms. The van der Waals surface area contributed by atoms with Crippen molar-refractivity contribution in [3.05, 3.63) is 41.9 Å². The highest BCUT2D eigenvalue weighted by Gasteiger charge is 2.16. The number of para-hydroxylation sites is 1. The number of benzene rings is 1. The van der Waals surface area contributed by atoms with Crippen LogP contribution in [0.3, 0.4) is 0 Å². The number of hydrogen-bond acceptors (Lipinski definition) is 3. The molecule has 5 nitrogen and oxygen atoms in total. The molecule has 2 heterocycles. The van der Waals surface area contributed by atoms with Crippen molar-refractivity contribution in [1.29, 1.82) is 0 Å². The SMILES string of the molecule is CC(c1nn[nH]n1)c1c[nH]c2ccccc12. The first-order valence-electron chi connectivity index (χ1n) is 5.15. The summed E-state index contributed by atoms with van der Waals surface area (Å²) in [5.74, 6) is 0.847. The van der Waals surface area contributed by atoms with Gasteiger partial charge in [-0.15, -0.1) is 10.2 Å². The number of hydrogen-bond donors (Lipinski definition) is 2. The van der Waals surface area contributed by atoms with Gasteiger partial charge in [0.2, 0.25) is 0 Å². The average molecular weight is 213 g/mol. The molecule has 16 heavy (non-hydrogen) atoms. The van der Waals surface area contributed by atoms with E-state index in [0.29, 0.717) is 5.82 Å². The van der Waals surface area contributed by atoms with E-state index in [0.717, 1.165) is 5.52 Å². The molecule has 1 aromatic carbocycles. The zero-order valence-corrected chi connectivity index (χ0v) is 8.81. The van der Waals surface area contributed by atoms with Crippen LogP contribution in [-0.4, -0.2) is 25.6 Å². The number of fused-ring (bicyclic) bond motifs is 1. The van der Waals surface area contributed by atoms with Crippen LogP contribution in [0.5, 0.6) is 0 Å². The molecule has 1 atom stereocenters. The van der Waals surface area contributed by atoms with Gasteiger partial charge in [-0.25, -0.2) is 0 Å². The molecular weight excluding hydrogens is 202 g/mol. The van der Waals surface area contributed by atoms with Gasteiger partial charge in [0.15, 0.2) is 5.82 Å². The topological polar surface area (TPSA) is 70.2 Å². The Balaban J connectivity index is 2.12. The van der Waals surface area contributed by atoms with E-state index in [1.807, 2.05) is 18.3 Å². The van der Waals surface area contributed by atoms with E-state index in [1.165, 1.54) is 10.9 Å². The second kappa shape index (κ2) is 3.44. The standard InChI is InChI=1S/C11H11N5/c1-7(11-13-15-16-14-11)9-6-12-10-5-3-2-4-8(9)10/h2-7,12H,1H3,(H,13,14,15,16). The van der Waals surface area contributed by atoms with Gasteiger partial charge in [0.1, 0.15) is 0 Å². The summed E-state index contributed by atoms with van der Waals surface area (Å²) in [4.78, 5) is 3.24. The summed E-state index contributed by atoms with van der Waals surface area (Å²) >= 11 is 0. The van der Waals surface area contributed by atoms with Crippen molar-refractivity contribution in [1.82, 2.24) is 25.6 Å². The van der Waals surface area contributed by atoms with Crippen molar-refractivity contribution in [3.63, 3.8) is 0 Å². The van der Waals surface area contributed by atoms with Crippen molar-refractivity contribution in [2.75, 3.05) is 0 Å². The predicted molar refractivity (Wildman–Crippen MR) is 60.0 cm³/mol. The molecule has 0 spiro atoms. The lowest BCUT2D eigenvalue weighted by molar-refractivity contribution is 0.827. The summed E-state index contributed by atoms with van der Waals surface area (Å²) in [5, 5.41) is 15.3. The van der Waals surface area contributed by atoms with Gasteiger partial charge in [-0.05, 0) is 11.6 Å². The lowest BCUT2D eigenvalue weighted by Crippen LogP contribution is -1.97. The second-order valence-corrected chi connectivity index (χ2v) is 3.78. The van der Waals surface area contributed by atoms with E-state index < -0.39 is 0 Å². The Kier molecular flexibility index (Phi) is 1.96. The van der Waals surface area contributed by atoms with Crippen molar-refractivity contribution in [3.8, 4) is 0 Å². The first-order valence-corrected chi connectivity index (χ1v) is 5.15. The molecule has 0 saturated heterocycles. The molecule has 0 fully saturated rings. The van der Waals surface area contributed by atoms with Crippen LogP contribution < -0.4 is 0 Å². The largest absolute Gasteiger partial charge is 0.361 e. The molecule has 0 aliphatic rings. The first-order chi connectivity index (χ1) is 7.86. The zero-order valence-electron chi connectivity index (χ0n) is 8.81. The summed E-state index contributed by atoms with van der Waals surface area (Å²) in [6, 6.07) is 8.20. The number of nitrogens with one attached hydrogen (secondary N) is 2. The fraction of sp³-hybridized carbons (Fsp3) is 0.182. The maximum absolute atomic E-state index is 4.02. The molecule has 0 aliphatic carbocycles. The third-order valence-electron chi connectivity index (χ3n) is 2.84. The minimum absolute atomic E-state index is 0.134. The van der Waals surface area contributed by atoms with E-state index in [-0.39, 0.29) is 5.92 Å². The van der Waals surface area contributed by atoms with E-state index >= 15 is 0 Å². The highest BCUT2D eigenvalue weighted by atomic mass is 15.5. The van der Waals surface area contributed by atoms with Crippen molar-refractivity contribution >= 4 is 10.9 Å². The fourth-order valence-electron chi connectivity index (χ4n) is 1.94. The summed E-state index contributed by atoms with van der Waals surface area (Å²) < 4.78 is 0. The quantitative estimate of drug-likeness (QED) is 0.682. The van der Waals surface area contributed by atoms with Crippen LogP contribution in [0.25, 0.3) is 10.9 Å². The molecule has 0 radical (unpaired) electrons. The number of aromatic nitrogens is 5. The summed E-state index contributed by atoms with van der Waals surface area (Å²) in [5.41, 5.74) is 2.32. The van der Waals surface area contributed by atoms with Gasteiger partial charge in [-0.3, -0.25) is 0 Å². The number of tetrazole rings is 1. The fourth-order valence-corrected chi connectivity index (χ4v) is 1.94. The molecule has 2 aromatic heterocycles. The van der Waals surface area contributed by atoms with E-state index in [9.17, 15) is 0 Å². The highest BCUT2D eigenvalue weighted by Crippen LogP contribution is 2.27. The van der Waals surface area contributed by atoms with Crippen LogP contribution >= 0.6 is 0 Å². The van der Waals surface area contributed by atoms with Gasteiger partial charge in [-0.2, -0.15) is 5.21 Å². The Morgan fingerprint density at radius 3 is 2.94 bits per heavy atom. The zero-order chi connectivity index (χ0) is 11.0. The molecular formula is C11H11N5. The molecule has 3 aromatic rings. The second-order valence-electron chi connectivity index (χ2n) is 3.78. The smallest absolute Gasteiger partial charge is 0.181 e. The third-order valence-corrected chi connectivity index (χ3v) is 2.84.